The van der Waals surface area contributed by atoms with E-state index in [1.807, 2.05) is 0 Å². The highest BCUT2D eigenvalue weighted by Crippen LogP contribution is 2.44. The molecule has 164 valence electrons. The van der Waals surface area contributed by atoms with Crippen LogP contribution < -0.4 is 5.32 Å². The van der Waals surface area contributed by atoms with Crippen molar-refractivity contribution in [3.8, 4) is 0 Å². The molecule has 0 spiro atoms. The zero-order chi connectivity index (χ0) is 22.6. The first-order valence-electron chi connectivity index (χ1n) is 8.94. The maximum Gasteiger partial charge on any atom is 0.513 e. The van der Waals surface area contributed by atoms with Gasteiger partial charge in [0, 0.05) is 0 Å². The summed E-state index contributed by atoms with van der Waals surface area (Å²) in [5.74, 6) is -1.75. The molecule has 1 N–H and O–H groups in total. The summed E-state index contributed by atoms with van der Waals surface area (Å²) in [5, 5.41) is 2.84. The van der Waals surface area contributed by atoms with Gasteiger partial charge in [-0.05, 0) is 39.3 Å². The number of methoxy groups -OCH3 is 1. The molecule has 0 radical (unpaired) electrons. The summed E-state index contributed by atoms with van der Waals surface area (Å²) in [4.78, 5) is 23.9. The van der Waals surface area contributed by atoms with Crippen LogP contribution in [0.3, 0.4) is 0 Å². The van der Waals surface area contributed by atoms with Crippen LogP contribution in [-0.2, 0) is 25.1 Å². The fourth-order valence-corrected chi connectivity index (χ4v) is 2.95. The second kappa shape index (κ2) is 9.10. The van der Waals surface area contributed by atoms with E-state index < -0.39 is 36.1 Å². The Morgan fingerprint density at radius 2 is 1.53 bits per heavy atom. The van der Waals surface area contributed by atoms with Crippen LogP contribution in [0.2, 0.25) is 0 Å². The monoisotopic (exact) mass is 429 g/mol. The van der Waals surface area contributed by atoms with Crippen molar-refractivity contribution in [3.63, 3.8) is 0 Å². The molecule has 0 saturated heterocycles. The minimum absolute atomic E-state index is 0.193. The van der Waals surface area contributed by atoms with Crippen molar-refractivity contribution in [2.45, 2.75) is 45.9 Å². The molecule has 0 bridgehead atoms. The van der Waals surface area contributed by atoms with Crippen molar-refractivity contribution in [3.05, 3.63) is 58.3 Å². The number of rotatable bonds is 4. The minimum Gasteiger partial charge on any atom is -0.437 e. The van der Waals surface area contributed by atoms with Crippen LogP contribution in [0.15, 0.2) is 47.2 Å². The minimum atomic E-state index is -4.71. The topological polar surface area (TPSA) is 83.1 Å². The average Bonchev–Trinajstić information content (AvgIpc) is 2.64. The van der Waals surface area contributed by atoms with E-state index in [9.17, 15) is 22.8 Å². The third-order valence-electron chi connectivity index (χ3n) is 4.10. The van der Waals surface area contributed by atoms with Gasteiger partial charge in [0.15, 0.2) is 0 Å². The van der Waals surface area contributed by atoms with Gasteiger partial charge >= 0.3 is 18.5 Å². The zero-order valence-corrected chi connectivity index (χ0v) is 17.0. The highest BCUT2D eigenvalue weighted by Gasteiger charge is 2.42. The third kappa shape index (κ3) is 5.25. The van der Waals surface area contributed by atoms with E-state index in [0.29, 0.717) is 0 Å². The molecule has 7 nitrogen and oxygen atoms in total. The molecule has 0 saturated carbocycles. The standard InChI is InChI=1S/C20H22F3NO6/c1-10(2)28-19(26)30-17-12(4)24-11(3)16(29-18(25)27-5)15(17)13-8-6-7-9-14(13)20(21,22)23/h6-10,15,24H,1-5H3. The van der Waals surface area contributed by atoms with Crippen LogP contribution in [0.5, 0.6) is 0 Å². The van der Waals surface area contributed by atoms with Crippen LogP contribution in [0.25, 0.3) is 0 Å². The van der Waals surface area contributed by atoms with Gasteiger partial charge in [-0.1, -0.05) is 18.2 Å². The predicted molar refractivity (Wildman–Crippen MR) is 98.9 cm³/mol. The fourth-order valence-electron chi connectivity index (χ4n) is 2.95. The Kier molecular flexibility index (Phi) is 7.01. The Hall–Kier alpha value is -3.17. The van der Waals surface area contributed by atoms with E-state index in [0.717, 1.165) is 13.2 Å². The normalized spacial score (nSPS) is 16.9. The number of alkyl halides is 3. The van der Waals surface area contributed by atoms with Gasteiger partial charge in [-0.15, -0.1) is 0 Å². The van der Waals surface area contributed by atoms with Gasteiger partial charge in [0.2, 0.25) is 0 Å². The van der Waals surface area contributed by atoms with E-state index >= 15 is 0 Å². The first-order chi connectivity index (χ1) is 14.0. The summed E-state index contributed by atoms with van der Waals surface area (Å²) >= 11 is 0. The largest absolute Gasteiger partial charge is 0.513 e. The van der Waals surface area contributed by atoms with Gasteiger partial charge in [-0.25, -0.2) is 9.59 Å². The molecule has 1 aromatic rings. The van der Waals surface area contributed by atoms with Gasteiger partial charge in [0.25, 0.3) is 0 Å². The number of dihydropyridines is 1. The van der Waals surface area contributed by atoms with Gasteiger partial charge in [0.05, 0.1) is 30.2 Å². The van der Waals surface area contributed by atoms with Gasteiger partial charge in [0.1, 0.15) is 17.4 Å². The van der Waals surface area contributed by atoms with Crippen molar-refractivity contribution in [2.75, 3.05) is 7.11 Å². The summed E-state index contributed by atoms with van der Waals surface area (Å²) in [6, 6.07) is 4.74. The number of hydrogen-bond donors (Lipinski definition) is 1. The van der Waals surface area contributed by atoms with Gasteiger partial charge in [-0.2, -0.15) is 13.2 Å². The molecule has 2 rings (SSSR count). The quantitative estimate of drug-likeness (QED) is 0.659. The molecular weight excluding hydrogens is 407 g/mol. The first kappa shape index (κ1) is 23.1. The molecule has 1 aliphatic rings. The summed E-state index contributed by atoms with van der Waals surface area (Å²) in [6.07, 6.45) is -7.46. The molecule has 0 fully saturated rings. The summed E-state index contributed by atoms with van der Waals surface area (Å²) < 4.78 is 61.0. The molecule has 0 aromatic heterocycles. The maximum atomic E-state index is 13.7. The van der Waals surface area contributed by atoms with E-state index in [2.05, 4.69) is 10.1 Å². The molecule has 30 heavy (non-hydrogen) atoms. The van der Waals surface area contributed by atoms with Crippen LogP contribution in [-0.4, -0.2) is 25.5 Å². The summed E-state index contributed by atoms with van der Waals surface area (Å²) in [7, 11) is 1.06. The molecule has 1 unspecified atom stereocenters. The lowest BCUT2D eigenvalue weighted by atomic mass is 9.87. The second-order valence-corrected chi connectivity index (χ2v) is 6.70. The Labute approximate surface area is 171 Å². The highest BCUT2D eigenvalue weighted by atomic mass is 19.4. The summed E-state index contributed by atoms with van der Waals surface area (Å²) in [6.45, 7) is 6.20. The van der Waals surface area contributed by atoms with E-state index in [-0.39, 0.29) is 28.5 Å². The third-order valence-corrected chi connectivity index (χ3v) is 4.10. The van der Waals surface area contributed by atoms with Crippen molar-refractivity contribution in [2.24, 2.45) is 0 Å². The SMILES string of the molecule is COC(=O)OC1=C(C)NC(C)=C(OC(=O)OC(C)C)C1c1ccccc1C(F)(F)F. The average molecular weight is 429 g/mol. The number of halogens is 3. The van der Waals surface area contributed by atoms with Crippen molar-refractivity contribution < 1.29 is 41.7 Å². The molecule has 0 aliphatic carbocycles. The Balaban J connectivity index is 2.65. The van der Waals surface area contributed by atoms with Crippen LogP contribution in [0, 0.1) is 0 Å². The van der Waals surface area contributed by atoms with Crippen molar-refractivity contribution >= 4 is 12.3 Å². The second-order valence-electron chi connectivity index (χ2n) is 6.70. The number of benzene rings is 1. The van der Waals surface area contributed by atoms with Gasteiger partial charge in [-0.3, -0.25) is 0 Å². The number of ether oxygens (including phenoxy) is 4. The molecule has 0 amide bonds. The molecule has 1 atom stereocenters. The lowest BCUT2D eigenvalue weighted by Gasteiger charge is -2.31. The molecule has 10 heteroatoms. The Morgan fingerprint density at radius 3 is 2.03 bits per heavy atom. The highest BCUT2D eigenvalue weighted by molar-refractivity contribution is 5.65. The molecule has 1 aromatic carbocycles. The predicted octanol–water partition coefficient (Wildman–Crippen LogP) is 5.20. The lowest BCUT2D eigenvalue weighted by Crippen LogP contribution is -2.30. The number of allylic oxidation sites excluding steroid dienone is 2. The molecular formula is C20H22F3NO6. The molecule has 1 heterocycles. The van der Waals surface area contributed by atoms with Crippen LogP contribution in [0.1, 0.15) is 44.7 Å². The number of carbonyl (C=O) groups excluding carboxylic acids is 2. The first-order valence-corrected chi connectivity index (χ1v) is 8.94. The summed E-state index contributed by atoms with van der Waals surface area (Å²) in [5.41, 5.74) is -0.727. The van der Waals surface area contributed by atoms with E-state index in [1.165, 1.54) is 32.0 Å². The lowest BCUT2D eigenvalue weighted by molar-refractivity contribution is -0.138. The van der Waals surface area contributed by atoms with Crippen molar-refractivity contribution in [1.29, 1.82) is 0 Å². The van der Waals surface area contributed by atoms with Crippen molar-refractivity contribution in [1.82, 2.24) is 5.32 Å². The smallest absolute Gasteiger partial charge is 0.437 e. The van der Waals surface area contributed by atoms with Crippen LogP contribution >= 0.6 is 0 Å². The van der Waals surface area contributed by atoms with E-state index in [1.54, 1.807) is 13.8 Å². The zero-order valence-electron chi connectivity index (χ0n) is 17.0. The Morgan fingerprint density at radius 1 is 1.00 bits per heavy atom. The Bertz CT molecular complexity index is 889. The molecule has 1 aliphatic heterocycles. The number of nitrogens with one attached hydrogen (secondary N) is 1. The fraction of sp³-hybridized carbons (Fsp3) is 0.400. The van der Waals surface area contributed by atoms with Gasteiger partial charge < -0.3 is 24.3 Å². The van der Waals surface area contributed by atoms with Crippen LogP contribution in [0.4, 0.5) is 22.8 Å². The number of hydrogen-bond acceptors (Lipinski definition) is 7. The van der Waals surface area contributed by atoms with E-state index in [4.69, 9.17) is 14.2 Å². The maximum absolute atomic E-state index is 13.7. The number of carbonyl (C=O) groups is 2.